The van der Waals surface area contributed by atoms with Gasteiger partial charge in [0, 0.05) is 0 Å². The summed E-state index contributed by atoms with van der Waals surface area (Å²) in [5.41, 5.74) is -0.609. The van der Waals surface area contributed by atoms with Crippen molar-refractivity contribution in [2.45, 2.75) is 12.8 Å². The van der Waals surface area contributed by atoms with E-state index in [9.17, 15) is 13.6 Å². The van der Waals surface area contributed by atoms with Crippen LogP contribution >= 0.6 is 0 Å². The molecule has 1 aromatic rings. The Morgan fingerprint density at radius 1 is 1.57 bits per heavy atom. The van der Waals surface area contributed by atoms with E-state index in [1.54, 1.807) is 0 Å². The first kappa shape index (κ1) is 10.4. The highest BCUT2D eigenvalue weighted by atomic mass is 19.3. The third-order valence-corrected chi connectivity index (χ3v) is 1.54. The van der Waals surface area contributed by atoms with Crippen molar-refractivity contribution in [1.82, 2.24) is 4.98 Å². The SMILES string of the molecule is O=C(O)Cc1cc(C(F)F)c(O)cn1. The number of aromatic nitrogens is 1. The van der Waals surface area contributed by atoms with Crippen molar-refractivity contribution >= 4 is 5.97 Å². The highest BCUT2D eigenvalue weighted by molar-refractivity contribution is 5.69. The topological polar surface area (TPSA) is 70.4 Å². The average molecular weight is 203 g/mol. The Morgan fingerprint density at radius 3 is 2.71 bits per heavy atom. The molecule has 0 fully saturated rings. The second-order valence-electron chi connectivity index (χ2n) is 2.61. The molecule has 0 aliphatic rings. The van der Waals surface area contributed by atoms with E-state index in [-0.39, 0.29) is 5.69 Å². The van der Waals surface area contributed by atoms with Crippen LogP contribution in [0.15, 0.2) is 12.3 Å². The lowest BCUT2D eigenvalue weighted by Gasteiger charge is -2.04. The van der Waals surface area contributed by atoms with Crippen LogP contribution in [0.3, 0.4) is 0 Å². The van der Waals surface area contributed by atoms with Gasteiger partial charge in [-0.05, 0) is 6.07 Å². The van der Waals surface area contributed by atoms with Crippen molar-refractivity contribution in [3.05, 3.63) is 23.5 Å². The summed E-state index contributed by atoms with van der Waals surface area (Å²) in [6.07, 6.45) is -2.47. The second-order valence-corrected chi connectivity index (χ2v) is 2.61. The Bertz CT molecular complexity index is 354. The number of hydrogen-bond acceptors (Lipinski definition) is 3. The molecule has 14 heavy (non-hydrogen) atoms. The molecule has 0 saturated carbocycles. The van der Waals surface area contributed by atoms with E-state index in [0.29, 0.717) is 0 Å². The minimum atomic E-state index is -2.84. The molecule has 6 heteroatoms. The van der Waals surface area contributed by atoms with Gasteiger partial charge in [-0.1, -0.05) is 0 Å². The van der Waals surface area contributed by atoms with Gasteiger partial charge in [0.2, 0.25) is 0 Å². The van der Waals surface area contributed by atoms with Crippen molar-refractivity contribution < 1.29 is 23.8 Å². The van der Waals surface area contributed by atoms with Crippen LogP contribution in [0, 0.1) is 0 Å². The predicted molar refractivity (Wildman–Crippen MR) is 42.2 cm³/mol. The first-order chi connectivity index (χ1) is 6.50. The minimum absolute atomic E-state index is 0.00870. The Kier molecular flexibility index (Phi) is 2.95. The van der Waals surface area contributed by atoms with Crippen molar-refractivity contribution in [2.75, 3.05) is 0 Å². The number of aromatic hydroxyl groups is 1. The van der Waals surface area contributed by atoms with Crippen LogP contribution in [0.5, 0.6) is 5.75 Å². The Labute approximate surface area is 77.8 Å². The van der Waals surface area contributed by atoms with Crippen LogP contribution in [0.4, 0.5) is 8.78 Å². The quantitative estimate of drug-likeness (QED) is 0.777. The summed E-state index contributed by atoms with van der Waals surface area (Å²) in [5.74, 6) is -1.79. The van der Waals surface area contributed by atoms with Crippen molar-refractivity contribution in [2.24, 2.45) is 0 Å². The Balaban J connectivity index is 3.00. The number of nitrogens with zero attached hydrogens (tertiary/aromatic N) is 1. The largest absolute Gasteiger partial charge is 0.506 e. The van der Waals surface area contributed by atoms with E-state index in [0.717, 1.165) is 12.3 Å². The second kappa shape index (κ2) is 3.99. The molecule has 0 amide bonds. The van der Waals surface area contributed by atoms with E-state index in [1.807, 2.05) is 0 Å². The zero-order valence-corrected chi connectivity index (χ0v) is 6.94. The van der Waals surface area contributed by atoms with Gasteiger partial charge in [-0.2, -0.15) is 0 Å². The van der Waals surface area contributed by atoms with Gasteiger partial charge >= 0.3 is 5.97 Å². The maximum atomic E-state index is 12.2. The summed E-state index contributed by atoms with van der Waals surface area (Å²) in [5, 5.41) is 17.3. The summed E-state index contributed by atoms with van der Waals surface area (Å²) >= 11 is 0. The maximum absolute atomic E-state index is 12.2. The third kappa shape index (κ3) is 2.38. The van der Waals surface area contributed by atoms with Crippen LogP contribution in [-0.2, 0) is 11.2 Å². The number of aliphatic carboxylic acids is 1. The first-order valence-corrected chi connectivity index (χ1v) is 3.68. The number of carboxylic acid groups (broad SMARTS) is 1. The smallest absolute Gasteiger partial charge is 0.309 e. The van der Waals surface area contributed by atoms with E-state index in [1.165, 1.54) is 0 Å². The molecule has 0 bridgehead atoms. The molecule has 0 aliphatic carbocycles. The molecule has 0 unspecified atom stereocenters. The molecule has 0 radical (unpaired) electrons. The van der Waals surface area contributed by atoms with Crippen molar-refractivity contribution in [3.8, 4) is 5.75 Å². The van der Waals surface area contributed by atoms with Gasteiger partial charge in [0.05, 0.1) is 23.9 Å². The molecular formula is C8H7F2NO3. The number of halogens is 2. The fourth-order valence-electron chi connectivity index (χ4n) is 0.936. The highest BCUT2D eigenvalue weighted by Crippen LogP contribution is 2.27. The standard InChI is InChI=1S/C8H7F2NO3/c9-8(10)5-1-4(2-7(13)14)11-3-6(5)12/h1,3,8,12H,2H2,(H,13,14). The summed E-state index contributed by atoms with van der Waals surface area (Å²) < 4.78 is 24.4. The first-order valence-electron chi connectivity index (χ1n) is 3.68. The van der Waals surface area contributed by atoms with Gasteiger partial charge in [-0.15, -0.1) is 0 Å². The monoisotopic (exact) mass is 203 g/mol. The molecular weight excluding hydrogens is 196 g/mol. The molecule has 0 aliphatic heterocycles. The lowest BCUT2D eigenvalue weighted by atomic mass is 10.2. The molecule has 0 aromatic carbocycles. The zero-order chi connectivity index (χ0) is 10.7. The van der Waals surface area contributed by atoms with Gasteiger partial charge in [-0.25, -0.2) is 8.78 Å². The normalized spacial score (nSPS) is 10.5. The number of hydrogen-bond donors (Lipinski definition) is 2. The number of carbonyl (C=O) groups is 1. The van der Waals surface area contributed by atoms with Crippen LogP contribution in [-0.4, -0.2) is 21.2 Å². The number of carboxylic acids is 1. The summed E-state index contributed by atoms with van der Waals surface area (Å²) in [6, 6.07) is 0.883. The molecule has 4 nitrogen and oxygen atoms in total. The van der Waals surface area contributed by atoms with Crippen LogP contribution in [0.1, 0.15) is 17.7 Å². The van der Waals surface area contributed by atoms with E-state index in [2.05, 4.69) is 4.98 Å². The van der Waals surface area contributed by atoms with Gasteiger partial charge in [0.15, 0.2) is 0 Å². The lowest BCUT2D eigenvalue weighted by Crippen LogP contribution is -2.03. The van der Waals surface area contributed by atoms with Gasteiger partial charge in [0.1, 0.15) is 5.75 Å². The molecule has 0 saturated heterocycles. The van der Waals surface area contributed by atoms with Gasteiger partial charge in [-0.3, -0.25) is 9.78 Å². The molecule has 1 aromatic heterocycles. The summed E-state index contributed by atoms with van der Waals surface area (Å²) in [6.45, 7) is 0. The molecule has 1 heterocycles. The van der Waals surface area contributed by atoms with E-state index >= 15 is 0 Å². The fourth-order valence-corrected chi connectivity index (χ4v) is 0.936. The molecule has 0 spiro atoms. The van der Waals surface area contributed by atoms with Crippen LogP contribution < -0.4 is 0 Å². The highest BCUT2D eigenvalue weighted by Gasteiger charge is 2.14. The predicted octanol–water partition coefficient (Wildman–Crippen LogP) is 1.35. The van der Waals surface area contributed by atoms with Crippen LogP contribution in [0.25, 0.3) is 0 Å². The minimum Gasteiger partial charge on any atom is -0.506 e. The number of pyridine rings is 1. The fraction of sp³-hybridized carbons (Fsp3) is 0.250. The molecule has 0 atom stereocenters. The number of alkyl halides is 2. The summed E-state index contributed by atoms with van der Waals surface area (Å²) in [4.78, 5) is 13.7. The molecule has 76 valence electrons. The van der Waals surface area contributed by atoms with Crippen molar-refractivity contribution in [1.29, 1.82) is 0 Å². The van der Waals surface area contributed by atoms with Gasteiger partial charge in [0.25, 0.3) is 6.43 Å². The van der Waals surface area contributed by atoms with E-state index < -0.39 is 30.1 Å². The third-order valence-electron chi connectivity index (χ3n) is 1.54. The molecule has 1 rings (SSSR count). The van der Waals surface area contributed by atoms with E-state index in [4.69, 9.17) is 10.2 Å². The Morgan fingerprint density at radius 2 is 2.21 bits per heavy atom. The molecule has 2 N–H and O–H groups in total. The number of rotatable bonds is 3. The Hall–Kier alpha value is -1.72. The summed E-state index contributed by atoms with van der Waals surface area (Å²) in [7, 11) is 0. The van der Waals surface area contributed by atoms with Gasteiger partial charge < -0.3 is 10.2 Å². The average Bonchev–Trinajstić information content (AvgIpc) is 2.07. The maximum Gasteiger partial charge on any atom is 0.309 e. The zero-order valence-electron chi connectivity index (χ0n) is 6.94. The van der Waals surface area contributed by atoms with Crippen LogP contribution in [0.2, 0.25) is 0 Å². The lowest BCUT2D eigenvalue weighted by molar-refractivity contribution is -0.136. The van der Waals surface area contributed by atoms with Crippen molar-refractivity contribution in [3.63, 3.8) is 0 Å².